The van der Waals surface area contributed by atoms with Gasteiger partial charge in [-0.05, 0) is 24.6 Å². The first-order valence-corrected chi connectivity index (χ1v) is 6.99. The minimum atomic E-state index is -0.270. The van der Waals surface area contributed by atoms with Crippen LogP contribution in [-0.4, -0.2) is 49.4 Å². The van der Waals surface area contributed by atoms with Crippen LogP contribution in [0.5, 0.6) is 0 Å². The van der Waals surface area contributed by atoms with Crippen LogP contribution < -0.4 is 10.6 Å². The summed E-state index contributed by atoms with van der Waals surface area (Å²) < 4.78 is 0. The van der Waals surface area contributed by atoms with Gasteiger partial charge in [0.2, 0.25) is 5.91 Å². The molecule has 1 aromatic carbocycles. The zero-order valence-electron chi connectivity index (χ0n) is 11.4. The molecule has 1 heterocycles. The van der Waals surface area contributed by atoms with Gasteiger partial charge in [-0.2, -0.15) is 0 Å². The fourth-order valence-electron chi connectivity index (χ4n) is 2.13. The molecule has 1 aliphatic rings. The number of hydrogen-bond donors (Lipinski definition) is 2. The van der Waals surface area contributed by atoms with Crippen LogP contribution in [0, 0.1) is 6.92 Å². The molecule has 0 radical (unpaired) electrons. The van der Waals surface area contributed by atoms with Gasteiger partial charge in [-0.1, -0.05) is 17.7 Å². The summed E-state index contributed by atoms with van der Waals surface area (Å²) in [5.74, 6) is -0.326. The highest BCUT2D eigenvalue weighted by Gasteiger charge is 2.17. The molecular formula is C14H18ClN3O2. The largest absolute Gasteiger partial charge is 0.343 e. The van der Waals surface area contributed by atoms with Gasteiger partial charge >= 0.3 is 0 Å². The molecule has 2 N–H and O–H groups in total. The lowest BCUT2D eigenvalue weighted by Gasteiger charge is -2.27. The van der Waals surface area contributed by atoms with E-state index in [0.717, 1.165) is 18.7 Å². The second kappa shape index (κ2) is 6.72. The van der Waals surface area contributed by atoms with Gasteiger partial charge in [-0.3, -0.25) is 9.59 Å². The van der Waals surface area contributed by atoms with E-state index >= 15 is 0 Å². The maximum absolute atomic E-state index is 12.1. The SMILES string of the molecule is Cc1c(Cl)cccc1C(=O)NCC(=O)N1CCNCC1. The predicted molar refractivity (Wildman–Crippen MR) is 78.0 cm³/mol. The molecule has 0 saturated carbocycles. The number of nitrogens with one attached hydrogen (secondary N) is 2. The van der Waals surface area contributed by atoms with Crippen LogP contribution in [0.1, 0.15) is 15.9 Å². The quantitative estimate of drug-likeness (QED) is 0.867. The zero-order valence-corrected chi connectivity index (χ0v) is 12.2. The monoisotopic (exact) mass is 295 g/mol. The molecule has 1 aliphatic heterocycles. The number of piperazine rings is 1. The van der Waals surface area contributed by atoms with E-state index in [1.165, 1.54) is 0 Å². The Kier molecular flexibility index (Phi) is 4.98. The third kappa shape index (κ3) is 3.49. The predicted octanol–water partition coefficient (Wildman–Crippen LogP) is 0.810. The highest BCUT2D eigenvalue weighted by atomic mass is 35.5. The average Bonchev–Trinajstić information content (AvgIpc) is 2.48. The maximum atomic E-state index is 12.1. The van der Waals surface area contributed by atoms with Gasteiger partial charge in [0.05, 0.1) is 6.54 Å². The second-order valence-corrected chi connectivity index (χ2v) is 5.13. The van der Waals surface area contributed by atoms with Gasteiger partial charge in [0.25, 0.3) is 5.91 Å². The molecule has 108 valence electrons. The summed E-state index contributed by atoms with van der Waals surface area (Å²) in [5.41, 5.74) is 1.23. The topological polar surface area (TPSA) is 61.4 Å². The van der Waals surface area contributed by atoms with E-state index in [1.807, 2.05) is 0 Å². The molecule has 1 aromatic rings. The van der Waals surface area contributed by atoms with Gasteiger partial charge in [0, 0.05) is 36.8 Å². The van der Waals surface area contributed by atoms with Crippen LogP contribution in [0.2, 0.25) is 5.02 Å². The molecule has 0 aliphatic carbocycles. The molecular weight excluding hydrogens is 278 g/mol. The van der Waals surface area contributed by atoms with E-state index in [9.17, 15) is 9.59 Å². The lowest BCUT2D eigenvalue weighted by molar-refractivity contribution is -0.130. The van der Waals surface area contributed by atoms with Gasteiger partial charge in [-0.15, -0.1) is 0 Å². The Bertz CT molecular complexity index is 513. The van der Waals surface area contributed by atoms with Crippen LogP contribution in [0.15, 0.2) is 18.2 Å². The van der Waals surface area contributed by atoms with E-state index in [0.29, 0.717) is 23.7 Å². The molecule has 6 heteroatoms. The first-order valence-electron chi connectivity index (χ1n) is 6.61. The zero-order chi connectivity index (χ0) is 14.5. The number of rotatable bonds is 3. The van der Waals surface area contributed by atoms with E-state index in [2.05, 4.69) is 10.6 Å². The fraction of sp³-hybridized carbons (Fsp3) is 0.429. The Morgan fingerprint density at radius 2 is 2.05 bits per heavy atom. The summed E-state index contributed by atoms with van der Waals surface area (Å²) in [6.07, 6.45) is 0. The Hall–Kier alpha value is -1.59. The number of carbonyl (C=O) groups excluding carboxylic acids is 2. The van der Waals surface area contributed by atoms with E-state index in [-0.39, 0.29) is 18.4 Å². The summed E-state index contributed by atoms with van der Waals surface area (Å²) in [7, 11) is 0. The van der Waals surface area contributed by atoms with Gasteiger partial charge in [0.15, 0.2) is 0 Å². The summed E-state index contributed by atoms with van der Waals surface area (Å²) in [5, 5.41) is 6.38. The Morgan fingerprint density at radius 3 is 2.75 bits per heavy atom. The second-order valence-electron chi connectivity index (χ2n) is 4.73. The third-order valence-corrected chi connectivity index (χ3v) is 3.79. The highest BCUT2D eigenvalue weighted by molar-refractivity contribution is 6.31. The number of hydrogen-bond acceptors (Lipinski definition) is 3. The van der Waals surface area contributed by atoms with Crippen LogP contribution in [0.4, 0.5) is 0 Å². The van der Waals surface area contributed by atoms with Crippen molar-refractivity contribution in [2.45, 2.75) is 6.92 Å². The molecule has 5 nitrogen and oxygen atoms in total. The standard InChI is InChI=1S/C14H18ClN3O2/c1-10-11(3-2-4-12(10)15)14(20)17-9-13(19)18-7-5-16-6-8-18/h2-4,16H,5-9H2,1H3,(H,17,20). The minimum absolute atomic E-state index is 0.0186. The number of benzene rings is 1. The lowest BCUT2D eigenvalue weighted by atomic mass is 10.1. The smallest absolute Gasteiger partial charge is 0.252 e. The van der Waals surface area contributed by atoms with E-state index < -0.39 is 0 Å². The number of amides is 2. The van der Waals surface area contributed by atoms with Gasteiger partial charge in [-0.25, -0.2) is 0 Å². The maximum Gasteiger partial charge on any atom is 0.252 e. The molecule has 0 bridgehead atoms. The number of halogens is 1. The minimum Gasteiger partial charge on any atom is -0.343 e. The Labute approximate surface area is 123 Å². The van der Waals surface area contributed by atoms with E-state index in [4.69, 9.17) is 11.6 Å². The number of carbonyl (C=O) groups is 2. The number of nitrogens with zero attached hydrogens (tertiary/aromatic N) is 1. The highest BCUT2D eigenvalue weighted by Crippen LogP contribution is 2.18. The molecule has 2 amide bonds. The van der Waals surface area contributed by atoms with Crippen molar-refractivity contribution in [2.24, 2.45) is 0 Å². The lowest BCUT2D eigenvalue weighted by Crippen LogP contribution is -2.49. The summed E-state index contributed by atoms with van der Waals surface area (Å²) in [6.45, 7) is 4.77. The Morgan fingerprint density at radius 1 is 1.35 bits per heavy atom. The molecule has 20 heavy (non-hydrogen) atoms. The Balaban J connectivity index is 1.91. The van der Waals surface area contributed by atoms with Gasteiger partial charge in [0.1, 0.15) is 0 Å². The molecule has 1 fully saturated rings. The molecule has 0 atom stereocenters. The van der Waals surface area contributed by atoms with Crippen molar-refractivity contribution in [3.63, 3.8) is 0 Å². The first-order chi connectivity index (χ1) is 9.59. The summed E-state index contributed by atoms with van der Waals surface area (Å²) in [6, 6.07) is 5.16. The van der Waals surface area contributed by atoms with Crippen LogP contribution >= 0.6 is 11.6 Å². The van der Waals surface area contributed by atoms with Crippen LogP contribution in [-0.2, 0) is 4.79 Å². The first kappa shape index (κ1) is 14.8. The molecule has 1 saturated heterocycles. The van der Waals surface area contributed by atoms with Crippen molar-refractivity contribution >= 4 is 23.4 Å². The average molecular weight is 296 g/mol. The van der Waals surface area contributed by atoms with Crippen molar-refractivity contribution in [3.05, 3.63) is 34.3 Å². The molecule has 0 aromatic heterocycles. The van der Waals surface area contributed by atoms with Crippen molar-refractivity contribution in [3.8, 4) is 0 Å². The van der Waals surface area contributed by atoms with E-state index in [1.54, 1.807) is 30.0 Å². The van der Waals surface area contributed by atoms with Crippen LogP contribution in [0.25, 0.3) is 0 Å². The van der Waals surface area contributed by atoms with Gasteiger partial charge < -0.3 is 15.5 Å². The molecule has 0 unspecified atom stereocenters. The van der Waals surface area contributed by atoms with Crippen molar-refractivity contribution in [2.75, 3.05) is 32.7 Å². The summed E-state index contributed by atoms with van der Waals surface area (Å²) in [4.78, 5) is 25.7. The summed E-state index contributed by atoms with van der Waals surface area (Å²) >= 11 is 5.98. The fourth-order valence-corrected chi connectivity index (χ4v) is 2.31. The molecule has 0 spiro atoms. The van der Waals surface area contributed by atoms with Crippen molar-refractivity contribution < 1.29 is 9.59 Å². The van der Waals surface area contributed by atoms with Crippen molar-refractivity contribution in [1.29, 1.82) is 0 Å². The third-order valence-electron chi connectivity index (χ3n) is 3.38. The van der Waals surface area contributed by atoms with Crippen molar-refractivity contribution in [1.82, 2.24) is 15.5 Å². The normalized spacial score (nSPS) is 15.0. The van der Waals surface area contributed by atoms with Crippen LogP contribution in [0.3, 0.4) is 0 Å². The molecule has 2 rings (SSSR count).